The van der Waals surface area contributed by atoms with E-state index >= 15 is 0 Å². The Labute approximate surface area is 179 Å². The number of rotatable bonds is 11. The molecule has 0 bridgehead atoms. The third-order valence-corrected chi connectivity index (χ3v) is 4.83. The smallest absolute Gasteiger partial charge is 0.343 e. The minimum atomic E-state index is -0.375. The Balaban J connectivity index is 2.34. The van der Waals surface area contributed by atoms with Crippen molar-refractivity contribution in [3.05, 3.63) is 47.7 Å². The molecule has 0 amide bonds. The van der Waals surface area contributed by atoms with Crippen LogP contribution < -0.4 is 10.2 Å². The molecule has 0 saturated heterocycles. The average molecular weight is 417 g/mol. The molecule has 1 aromatic heterocycles. The van der Waals surface area contributed by atoms with E-state index in [4.69, 9.17) is 22.1 Å². The van der Waals surface area contributed by atoms with Crippen molar-refractivity contribution in [3.8, 4) is 0 Å². The summed E-state index contributed by atoms with van der Waals surface area (Å²) in [6.07, 6.45) is 5.85. The number of thiocarbonyl (C=S) groups is 1. The normalized spacial score (nSPS) is 10.6. The van der Waals surface area contributed by atoms with Crippen molar-refractivity contribution in [1.29, 1.82) is 0 Å². The van der Waals surface area contributed by atoms with Gasteiger partial charge in [0.1, 0.15) is 5.56 Å². The van der Waals surface area contributed by atoms with E-state index in [9.17, 15) is 4.79 Å². The highest BCUT2D eigenvalue weighted by Crippen LogP contribution is 2.22. The first-order chi connectivity index (χ1) is 14.1. The summed E-state index contributed by atoms with van der Waals surface area (Å²) in [6, 6.07) is 10.0. The highest BCUT2D eigenvalue weighted by Gasteiger charge is 2.24. The van der Waals surface area contributed by atoms with E-state index in [1.807, 2.05) is 35.2 Å². The van der Waals surface area contributed by atoms with Crippen molar-refractivity contribution in [1.82, 2.24) is 15.1 Å². The highest BCUT2D eigenvalue weighted by atomic mass is 32.1. The minimum absolute atomic E-state index is 0.316. The number of esters is 1. The fourth-order valence-electron chi connectivity index (χ4n) is 2.90. The summed E-state index contributed by atoms with van der Waals surface area (Å²) >= 11 is 5.65. The fourth-order valence-corrected chi connectivity index (χ4v) is 3.18. The van der Waals surface area contributed by atoms with Crippen LogP contribution in [0.5, 0.6) is 0 Å². The van der Waals surface area contributed by atoms with Gasteiger partial charge >= 0.3 is 5.97 Å². The monoisotopic (exact) mass is 416 g/mol. The predicted octanol–water partition coefficient (Wildman–Crippen LogP) is 4.39. The summed E-state index contributed by atoms with van der Waals surface area (Å²) in [5, 5.41) is 8.63. The molecule has 6 nitrogen and oxygen atoms in total. The quantitative estimate of drug-likeness (QED) is 0.333. The van der Waals surface area contributed by atoms with E-state index in [0.29, 0.717) is 36.2 Å². The second-order valence-electron chi connectivity index (χ2n) is 6.86. The van der Waals surface area contributed by atoms with Gasteiger partial charge in [0.25, 0.3) is 0 Å². The molecule has 1 N–H and O–H groups in total. The van der Waals surface area contributed by atoms with Crippen molar-refractivity contribution >= 4 is 29.1 Å². The van der Waals surface area contributed by atoms with Crippen LogP contribution in [0.1, 0.15) is 62.4 Å². The molecule has 0 aliphatic carbocycles. The number of hydrogen-bond acceptors (Lipinski definition) is 4. The first-order valence-electron chi connectivity index (χ1n) is 10.4. The van der Waals surface area contributed by atoms with Gasteiger partial charge in [0.2, 0.25) is 0 Å². The first kappa shape index (κ1) is 22.9. The molecule has 7 heteroatoms. The van der Waals surface area contributed by atoms with Crippen molar-refractivity contribution in [2.24, 2.45) is 0 Å². The molecule has 0 saturated carbocycles. The number of unbranched alkanes of at least 4 members (excludes halogenated alkanes) is 2. The van der Waals surface area contributed by atoms with Gasteiger partial charge < -0.3 is 15.0 Å². The van der Waals surface area contributed by atoms with Crippen molar-refractivity contribution in [3.63, 3.8) is 0 Å². The van der Waals surface area contributed by atoms with E-state index in [1.54, 1.807) is 17.8 Å². The van der Waals surface area contributed by atoms with Crippen LogP contribution in [0.25, 0.3) is 0 Å². The van der Waals surface area contributed by atoms with Gasteiger partial charge in [-0.1, -0.05) is 57.0 Å². The molecule has 0 unspecified atom stereocenters. The number of nitrogens with one attached hydrogen (secondary N) is 1. The van der Waals surface area contributed by atoms with E-state index in [0.717, 1.165) is 37.8 Å². The van der Waals surface area contributed by atoms with Gasteiger partial charge in [-0.25, -0.2) is 4.79 Å². The molecule has 2 rings (SSSR count). The number of carbonyl (C=O) groups is 1. The van der Waals surface area contributed by atoms with E-state index < -0.39 is 0 Å². The molecule has 0 aliphatic rings. The van der Waals surface area contributed by atoms with Crippen molar-refractivity contribution < 1.29 is 9.53 Å². The van der Waals surface area contributed by atoms with Crippen molar-refractivity contribution in [2.45, 2.75) is 53.0 Å². The topological polar surface area (TPSA) is 59.4 Å². The summed E-state index contributed by atoms with van der Waals surface area (Å²) in [4.78, 5) is 14.6. The Bertz CT molecular complexity index is 776. The van der Waals surface area contributed by atoms with Gasteiger partial charge in [-0.05, 0) is 37.5 Å². The zero-order valence-corrected chi connectivity index (χ0v) is 18.5. The molecule has 1 aromatic carbocycles. The summed E-state index contributed by atoms with van der Waals surface area (Å²) in [6.45, 7) is 8.47. The van der Waals surface area contributed by atoms with Gasteiger partial charge in [0, 0.05) is 19.3 Å². The van der Waals surface area contributed by atoms with Gasteiger partial charge in [-0.3, -0.25) is 4.68 Å². The lowest BCUT2D eigenvalue weighted by Gasteiger charge is -2.24. The van der Waals surface area contributed by atoms with Crippen LogP contribution in [-0.2, 0) is 11.3 Å². The molecule has 1 heterocycles. The summed E-state index contributed by atoms with van der Waals surface area (Å²) in [5.41, 5.74) is 1.55. The number of ether oxygens (including phenoxy) is 1. The molecular weight excluding hydrogens is 384 g/mol. The Kier molecular flexibility index (Phi) is 9.64. The maximum absolute atomic E-state index is 12.6. The summed E-state index contributed by atoms with van der Waals surface area (Å²) < 4.78 is 7.06. The standard InChI is InChI=1S/C22H32N4O2S/c1-4-7-14-23-22(29)26(15-8-5-2)20-19(21(27)28-6-3)17-25(24-20)16-18-12-10-9-11-13-18/h9-13,17H,4-8,14-16H2,1-3H3,(H,23,29). The second-order valence-corrected chi connectivity index (χ2v) is 7.25. The minimum Gasteiger partial charge on any atom is -0.462 e. The molecule has 0 spiro atoms. The van der Waals surface area contributed by atoms with E-state index in [1.165, 1.54) is 0 Å². The zero-order valence-electron chi connectivity index (χ0n) is 17.7. The lowest BCUT2D eigenvalue weighted by molar-refractivity contribution is 0.0527. The van der Waals surface area contributed by atoms with Gasteiger partial charge in [-0.2, -0.15) is 5.10 Å². The molecule has 158 valence electrons. The SMILES string of the molecule is CCCCNC(=S)N(CCCC)c1nn(Cc2ccccc2)cc1C(=O)OCC. The number of anilines is 1. The largest absolute Gasteiger partial charge is 0.462 e. The number of carbonyl (C=O) groups excluding carboxylic acids is 1. The number of benzene rings is 1. The molecule has 0 aliphatic heterocycles. The highest BCUT2D eigenvalue weighted by molar-refractivity contribution is 7.80. The van der Waals surface area contributed by atoms with Crippen molar-refractivity contribution in [2.75, 3.05) is 24.6 Å². The Hall–Kier alpha value is -2.41. The van der Waals surface area contributed by atoms with Crippen LogP contribution in [0.4, 0.5) is 5.82 Å². The number of aromatic nitrogens is 2. The Morgan fingerprint density at radius 2 is 1.90 bits per heavy atom. The summed E-state index contributed by atoms with van der Waals surface area (Å²) in [7, 11) is 0. The van der Waals surface area contributed by atoms with Gasteiger partial charge in [-0.15, -0.1) is 0 Å². The van der Waals surface area contributed by atoms with Crippen LogP contribution >= 0.6 is 12.2 Å². The number of nitrogens with zero attached hydrogens (tertiary/aromatic N) is 3. The van der Waals surface area contributed by atoms with Crippen LogP contribution in [0.2, 0.25) is 0 Å². The maximum Gasteiger partial charge on any atom is 0.343 e. The van der Waals surface area contributed by atoms with Gasteiger partial charge in [0.05, 0.1) is 13.2 Å². The third kappa shape index (κ3) is 6.85. The molecule has 2 aromatic rings. The van der Waals surface area contributed by atoms with Gasteiger partial charge in [0.15, 0.2) is 10.9 Å². The predicted molar refractivity (Wildman–Crippen MR) is 121 cm³/mol. The van der Waals surface area contributed by atoms with Crippen LogP contribution in [0.15, 0.2) is 36.5 Å². The zero-order chi connectivity index (χ0) is 21.1. The van der Waals surface area contributed by atoms with Crippen LogP contribution in [0.3, 0.4) is 0 Å². The third-order valence-electron chi connectivity index (χ3n) is 4.47. The average Bonchev–Trinajstić information content (AvgIpc) is 3.13. The maximum atomic E-state index is 12.6. The van der Waals surface area contributed by atoms with Crippen LogP contribution in [0, 0.1) is 0 Å². The lowest BCUT2D eigenvalue weighted by atomic mass is 10.2. The fraction of sp³-hybridized carbons (Fsp3) is 0.500. The molecule has 0 fully saturated rings. The Morgan fingerprint density at radius 1 is 1.17 bits per heavy atom. The lowest BCUT2D eigenvalue weighted by Crippen LogP contribution is -2.41. The Morgan fingerprint density at radius 3 is 2.55 bits per heavy atom. The molecular formula is C22H32N4O2S. The summed E-state index contributed by atoms with van der Waals surface area (Å²) in [5.74, 6) is 0.182. The molecule has 29 heavy (non-hydrogen) atoms. The van der Waals surface area contributed by atoms with E-state index in [-0.39, 0.29) is 5.97 Å². The number of hydrogen-bond donors (Lipinski definition) is 1. The molecule has 0 atom stereocenters. The van der Waals surface area contributed by atoms with Crippen LogP contribution in [-0.4, -0.2) is 40.6 Å². The van der Waals surface area contributed by atoms with E-state index in [2.05, 4.69) is 19.2 Å². The second kappa shape index (κ2) is 12.2. The first-order valence-corrected chi connectivity index (χ1v) is 10.8. The molecule has 0 radical (unpaired) electrons.